The topological polar surface area (TPSA) is 12.0 Å². The molecule has 1 aromatic carbocycles. The van der Waals surface area contributed by atoms with Crippen LogP contribution in [0.2, 0.25) is 0 Å². The maximum Gasteiger partial charge on any atom is 0.00144 e. The molecule has 0 aliphatic rings. The molecule has 0 bridgehead atoms. The summed E-state index contributed by atoms with van der Waals surface area (Å²) in [4.78, 5) is 0. The molecule has 0 amide bonds. The fraction of sp³-hybridized carbons (Fsp3) is 0.500. The van der Waals surface area contributed by atoms with Crippen LogP contribution in [-0.2, 0) is 6.42 Å². The van der Waals surface area contributed by atoms with Crippen molar-refractivity contribution in [2.45, 2.75) is 26.2 Å². The number of rotatable bonds is 4. The molecule has 0 saturated heterocycles. The van der Waals surface area contributed by atoms with Crippen LogP contribution in [0.15, 0.2) is 24.3 Å². The minimum atomic E-state index is 0.608. The monoisotopic (exact) mass is 177 g/mol. The first-order valence-corrected chi connectivity index (χ1v) is 5.01. The van der Waals surface area contributed by atoms with Gasteiger partial charge in [-0.25, -0.2) is 0 Å². The molecule has 1 rings (SSSR count). The van der Waals surface area contributed by atoms with Crippen LogP contribution in [0.5, 0.6) is 0 Å². The van der Waals surface area contributed by atoms with Crippen molar-refractivity contribution in [1.82, 2.24) is 5.32 Å². The second-order valence-electron chi connectivity index (χ2n) is 3.56. The van der Waals surface area contributed by atoms with Crippen LogP contribution in [0.3, 0.4) is 0 Å². The van der Waals surface area contributed by atoms with Gasteiger partial charge in [-0.05, 0) is 30.5 Å². The molecule has 0 radical (unpaired) electrons. The Morgan fingerprint density at radius 1 is 1.38 bits per heavy atom. The molecule has 1 aromatic rings. The maximum atomic E-state index is 3.20. The molecule has 0 aromatic heterocycles. The van der Waals surface area contributed by atoms with Crippen molar-refractivity contribution < 1.29 is 0 Å². The van der Waals surface area contributed by atoms with E-state index in [4.69, 9.17) is 0 Å². The average Bonchev–Trinajstić information content (AvgIpc) is 2.18. The largest absolute Gasteiger partial charge is 0.319 e. The van der Waals surface area contributed by atoms with E-state index in [-0.39, 0.29) is 0 Å². The lowest BCUT2D eigenvalue weighted by Gasteiger charge is -2.11. The SMILES string of the molecule is CCc1cccc(C(C)CNC)c1. The standard InChI is InChI=1S/C12H19N/c1-4-11-6-5-7-12(8-11)10(2)9-13-3/h5-8,10,13H,4,9H2,1-3H3. The van der Waals surface area contributed by atoms with Crippen LogP contribution in [-0.4, -0.2) is 13.6 Å². The summed E-state index contributed by atoms with van der Waals surface area (Å²) in [5.41, 5.74) is 2.87. The summed E-state index contributed by atoms with van der Waals surface area (Å²) >= 11 is 0. The van der Waals surface area contributed by atoms with Gasteiger partial charge < -0.3 is 5.32 Å². The van der Waals surface area contributed by atoms with Gasteiger partial charge in [-0.15, -0.1) is 0 Å². The van der Waals surface area contributed by atoms with E-state index in [0.717, 1.165) is 13.0 Å². The van der Waals surface area contributed by atoms with Gasteiger partial charge in [0.25, 0.3) is 0 Å². The molecule has 0 spiro atoms. The van der Waals surface area contributed by atoms with E-state index < -0.39 is 0 Å². The molecule has 1 nitrogen and oxygen atoms in total. The van der Waals surface area contributed by atoms with Gasteiger partial charge in [0.2, 0.25) is 0 Å². The van der Waals surface area contributed by atoms with Gasteiger partial charge in [0.1, 0.15) is 0 Å². The quantitative estimate of drug-likeness (QED) is 0.745. The third-order valence-electron chi connectivity index (χ3n) is 2.44. The highest BCUT2D eigenvalue weighted by Gasteiger charge is 2.03. The predicted octanol–water partition coefficient (Wildman–Crippen LogP) is 2.57. The van der Waals surface area contributed by atoms with Crippen molar-refractivity contribution in [3.63, 3.8) is 0 Å². The number of nitrogens with one attached hydrogen (secondary N) is 1. The lowest BCUT2D eigenvalue weighted by Crippen LogP contribution is -2.14. The van der Waals surface area contributed by atoms with Gasteiger partial charge in [-0.2, -0.15) is 0 Å². The number of aryl methyl sites for hydroxylation is 1. The molecule has 1 atom stereocenters. The summed E-state index contributed by atoms with van der Waals surface area (Å²) in [6.07, 6.45) is 1.13. The lowest BCUT2D eigenvalue weighted by atomic mass is 9.98. The summed E-state index contributed by atoms with van der Waals surface area (Å²) in [5.74, 6) is 0.608. The first-order chi connectivity index (χ1) is 6.27. The van der Waals surface area contributed by atoms with E-state index >= 15 is 0 Å². The summed E-state index contributed by atoms with van der Waals surface area (Å²) in [7, 11) is 2.00. The minimum absolute atomic E-state index is 0.608. The van der Waals surface area contributed by atoms with Crippen LogP contribution in [0.1, 0.15) is 30.9 Å². The van der Waals surface area contributed by atoms with E-state index in [9.17, 15) is 0 Å². The molecule has 1 N–H and O–H groups in total. The number of hydrogen-bond acceptors (Lipinski definition) is 1. The summed E-state index contributed by atoms with van der Waals surface area (Å²) in [5, 5.41) is 3.20. The molecule has 13 heavy (non-hydrogen) atoms. The third-order valence-corrected chi connectivity index (χ3v) is 2.44. The van der Waals surface area contributed by atoms with Crippen LogP contribution in [0.4, 0.5) is 0 Å². The van der Waals surface area contributed by atoms with Crippen molar-refractivity contribution >= 4 is 0 Å². The number of likely N-dealkylation sites (N-methyl/N-ethyl adjacent to an activating group) is 1. The molecular formula is C12H19N. The first-order valence-electron chi connectivity index (χ1n) is 5.01. The predicted molar refractivity (Wildman–Crippen MR) is 58.2 cm³/mol. The van der Waals surface area contributed by atoms with E-state index in [1.54, 1.807) is 0 Å². The molecule has 1 unspecified atom stereocenters. The van der Waals surface area contributed by atoms with Crippen LogP contribution in [0, 0.1) is 0 Å². The third kappa shape index (κ3) is 2.85. The zero-order chi connectivity index (χ0) is 9.68. The van der Waals surface area contributed by atoms with Crippen LogP contribution < -0.4 is 5.32 Å². The second-order valence-corrected chi connectivity index (χ2v) is 3.56. The normalized spacial score (nSPS) is 12.8. The van der Waals surface area contributed by atoms with E-state index in [2.05, 4.69) is 43.4 Å². The van der Waals surface area contributed by atoms with Crippen molar-refractivity contribution in [2.24, 2.45) is 0 Å². The Hall–Kier alpha value is -0.820. The Labute approximate surface area is 81.2 Å². The van der Waals surface area contributed by atoms with Gasteiger partial charge in [0.05, 0.1) is 0 Å². The van der Waals surface area contributed by atoms with Crippen molar-refractivity contribution in [1.29, 1.82) is 0 Å². The Bertz CT molecular complexity index is 255. The fourth-order valence-corrected chi connectivity index (χ4v) is 1.54. The van der Waals surface area contributed by atoms with E-state index in [1.165, 1.54) is 11.1 Å². The van der Waals surface area contributed by atoms with Crippen molar-refractivity contribution in [3.05, 3.63) is 35.4 Å². The Morgan fingerprint density at radius 3 is 2.77 bits per heavy atom. The van der Waals surface area contributed by atoms with Gasteiger partial charge in [0, 0.05) is 6.54 Å². The van der Waals surface area contributed by atoms with Crippen LogP contribution in [0.25, 0.3) is 0 Å². The minimum Gasteiger partial charge on any atom is -0.319 e. The highest BCUT2D eigenvalue weighted by molar-refractivity contribution is 5.26. The molecule has 0 fully saturated rings. The molecule has 0 saturated carbocycles. The van der Waals surface area contributed by atoms with Gasteiger partial charge >= 0.3 is 0 Å². The maximum absolute atomic E-state index is 3.20. The van der Waals surface area contributed by atoms with Crippen molar-refractivity contribution in [2.75, 3.05) is 13.6 Å². The zero-order valence-electron chi connectivity index (χ0n) is 8.80. The van der Waals surface area contributed by atoms with Gasteiger partial charge in [-0.3, -0.25) is 0 Å². The Morgan fingerprint density at radius 2 is 2.15 bits per heavy atom. The summed E-state index contributed by atoms with van der Waals surface area (Å²) in [6, 6.07) is 8.86. The summed E-state index contributed by atoms with van der Waals surface area (Å²) < 4.78 is 0. The second kappa shape index (κ2) is 5.03. The molecule has 0 aliphatic heterocycles. The Kier molecular flexibility index (Phi) is 3.97. The van der Waals surface area contributed by atoms with E-state index in [0.29, 0.717) is 5.92 Å². The van der Waals surface area contributed by atoms with E-state index in [1.807, 2.05) is 7.05 Å². The van der Waals surface area contributed by atoms with Gasteiger partial charge in [-0.1, -0.05) is 38.1 Å². The summed E-state index contributed by atoms with van der Waals surface area (Å²) in [6.45, 7) is 5.50. The lowest BCUT2D eigenvalue weighted by molar-refractivity contribution is 0.677. The first kappa shape index (κ1) is 10.3. The van der Waals surface area contributed by atoms with Gasteiger partial charge in [0.15, 0.2) is 0 Å². The highest BCUT2D eigenvalue weighted by atomic mass is 14.8. The highest BCUT2D eigenvalue weighted by Crippen LogP contribution is 2.15. The average molecular weight is 177 g/mol. The molecular weight excluding hydrogens is 158 g/mol. The molecule has 0 heterocycles. The van der Waals surface area contributed by atoms with Crippen LogP contribution >= 0.6 is 0 Å². The number of benzene rings is 1. The smallest absolute Gasteiger partial charge is 0.00144 e. The zero-order valence-corrected chi connectivity index (χ0v) is 8.80. The Balaban J connectivity index is 2.75. The molecule has 0 aliphatic carbocycles. The number of hydrogen-bond donors (Lipinski definition) is 1. The fourth-order valence-electron chi connectivity index (χ4n) is 1.54. The van der Waals surface area contributed by atoms with Crippen molar-refractivity contribution in [3.8, 4) is 0 Å². The molecule has 1 heteroatoms. The molecule has 72 valence electrons.